The highest BCUT2D eigenvalue weighted by molar-refractivity contribution is 5.99. The smallest absolute Gasteiger partial charge is 0.161 e. The number of benzene rings is 1. The Morgan fingerprint density at radius 3 is 2.68 bits per heavy atom. The number of nitrogen functional groups attached to an aromatic ring is 1. The van der Waals surface area contributed by atoms with Crippen LogP contribution < -0.4 is 11.1 Å². The number of hydrogen-bond donors (Lipinski definition) is 2. The Bertz CT molecular complexity index is 480. The van der Waals surface area contributed by atoms with E-state index in [2.05, 4.69) is 19.2 Å². The normalized spacial score (nSPS) is 21.9. The number of carbonyl (C=O) groups is 1. The summed E-state index contributed by atoms with van der Waals surface area (Å²) >= 11 is 0. The molecule has 2 rings (SSSR count). The summed E-state index contributed by atoms with van der Waals surface area (Å²) in [5.41, 5.74) is 8.43. The van der Waals surface area contributed by atoms with E-state index in [1.807, 2.05) is 18.2 Å². The van der Waals surface area contributed by atoms with Crippen molar-refractivity contribution in [2.75, 3.05) is 11.1 Å². The van der Waals surface area contributed by atoms with Crippen LogP contribution in [0.25, 0.3) is 0 Å². The lowest BCUT2D eigenvalue weighted by Crippen LogP contribution is -2.38. The van der Waals surface area contributed by atoms with Crippen molar-refractivity contribution in [3.05, 3.63) is 23.8 Å². The van der Waals surface area contributed by atoms with Gasteiger partial charge in [-0.05, 0) is 43.4 Å². The molecule has 1 aromatic carbocycles. The molecule has 1 fully saturated rings. The number of nitrogens with two attached hydrogens (primary N) is 1. The largest absolute Gasteiger partial charge is 0.398 e. The molecule has 1 saturated carbocycles. The van der Waals surface area contributed by atoms with Gasteiger partial charge in [0.25, 0.3) is 0 Å². The molecule has 0 heterocycles. The first kappa shape index (κ1) is 13.9. The lowest BCUT2D eigenvalue weighted by molar-refractivity contribution is 0.101. The SMILES string of the molecule is CC(=O)c1ccc(NC2CCCCC2(C)C)cc1N. The molecule has 1 aromatic rings. The minimum atomic E-state index is 0.0158. The number of rotatable bonds is 3. The maximum atomic E-state index is 11.4. The number of ketones is 1. The van der Waals surface area contributed by atoms with Gasteiger partial charge in [0.2, 0.25) is 0 Å². The average molecular weight is 260 g/mol. The average Bonchev–Trinajstić information content (AvgIpc) is 2.31. The molecule has 1 aliphatic carbocycles. The Morgan fingerprint density at radius 2 is 2.11 bits per heavy atom. The van der Waals surface area contributed by atoms with Crippen LogP contribution >= 0.6 is 0 Å². The van der Waals surface area contributed by atoms with Crippen molar-refractivity contribution in [3.8, 4) is 0 Å². The molecule has 3 heteroatoms. The summed E-state index contributed by atoms with van der Waals surface area (Å²) in [7, 11) is 0. The highest BCUT2D eigenvalue weighted by Gasteiger charge is 2.32. The van der Waals surface area contributed by atoms with Crippen LogP contribution in [0.1, 0.15) is 56.8 Å². The van der Waals surface area contributed by atoms with E-state index in [9.17, 15) is 4.79 Å². The van der Waals surface area contributed by atoms with Crippen molar-refractivity contribution in [1.29, 1.82) is 0 Å². The summed E-state index contributed by atoms with van der Waals surface area (Å²) in [6.45, 7) is 6.18. The Kier molecular flexibility index (Phi) is 3.83. The summed E-state index contributed by atoms with van der Waals surface area (Å²) in [6.07, 6.45) is 5.05. The molecule has 0 spiro atoms. The Balaban J connectivity index is 2.15. The highest BCUT2D eigenvalue weighted by atomic mass is 16.1. The van der Waals surface area contributed by atoms with Crippen LogP contribution in [0.15, 0.2) is 18.2 Å². The zero-order valence-electron chi connectivity index (χ0n) is 12.1. The molecule has 0 radical (unpaired) electrons. The predicted molar refractivity (Wildman–Crippen MR) is 80.5 cm³/mol. The van der Waals surface area contributed by atoms with Gasteiger partial charge in [-0.3, -0.25) is 4.79 Å². The summed E-state index contributed by atoms with van der Waals surface area (Å²) in [5, 5.41) is 3.59. The van der Waals surface area contributed by atoms with Crippen molar-refractivity contribution in [1.82, 2.24) is 0 Å². The number of anilines is 2. The maximum Gasteiger partial charge on any atom is 0.161 e. The Morgan fingerprint density at radius 1 is 1.37 bits per heavy atom. The van der Waals surface area contributed by atoms with Gasteiger partial charge in [0.1, 0.15) is 0 Å². The zero-order chi connectivity index (χ0) is 14.0. The third-order valence-corrected chi connectivity index (χ3v) is 4.28. The van der Waals surface area contributed by atoms with Gasteiger partial charge in [0, 0.05) is 23.0 Å². The molecular formula is C16H24N2O. The topological polar surface area (TPSA) is 55.1 Å². The first-order chi connectivity index (χ1) is 8.90. The molecule has 0 amide bonds. The minimum Gasteiger partial charge on any atom is -0.398 e. The second-order valence-corrected chi connectivity index (χ2v) is 6.29. The highest BCUT2D eigenvalue weighted by Crippen LogP contribution is 2.37. The molecule has 19 heavy (non-hydrogen) atoms. The fourth-order valence-corrected chi connectivity index (χ4v) is 2.94. The van der Waals surface area contributed by atoms with E-state index in [0.29, 0.717) is 22.7 Å². The van der Waals surface area contributed by atoms with Crippen LogP contribution in [0.3, 0.4) is 0 Å². The van der Waals surface area contributed by atoms with E-state index < -0.39 is 0 Å². The Hall–Kier alpha value is -1.51. The van der Waals surface area contributed by atoms with E-state index in [4.69, 9.17) is 5.73 Å². The van der Waals surface area contributed by atoms with E-state index in [1.165, 1.54) is 25.7 Å². The van der Waals surface area contributed by atoms with Crippen LogP contribution in [-0.2, 0) is 0 Å². The predicted octanol–water partition coefficient (Wildman–Crippen LogP) is 3.85. The van der Waals surface area contributed by atoms with Crippen molar-refractivity contribution >= 4 is 17.2 Å². The van der Waals surface area contributed by atoms with Gasteiger partial charge in [-0.25, -0.2) is 0 Å². The monoisotopic (exact) mass is 260 g/mol. The molecule has 1 atom stereocenters. The standard InChI is InChI=1S/C16H24N2O/c1-11(19)13-8-7-12(10-14(13)17)18-15-6-4-5-9-16(15,2)3/h7-8,10,15,18H,4-6,9,17H2,1-3H3. The first-order valence-corrected chi connectivity index (χ1v) is 7.07. The molecule has 3 N–H and O–H groups in total. The fourth-order valence-electron chi connectivity index (χ4n) is 2.94. The number of nitrogens with one attached hydrogen (secondary N) is 1. The lowest BCUT2D eigenvalue weighted by Gasteiger charge is -2.39. The summed E-state index contributed by atoms with van der Waals surface area (Å²) in [5.74, 6) is 0.0158. The van der Waals surface area contributed by atoms with Crippen molar-refractivity contribution in [2.24, 2.45) is 5.41 Å². The van der Waals surface area contributed by atoms with Crippen molar-refractivity contribution in [3.63, 3.8) is 0 Å². The van der Waals surface area contributed by atoms with Crippen LogP contribution in [0.2, 0.25) is 0 Å². The maximum absolute atomic E-state index is 11.4. The zero-order valence-corrected chi connectivity index (χ0v) is 12.1. The molecule has 0 aliphatic heterocycles. The first-order valence-electron chi connectivity index (χ1n) is 7.07. The number of Topliss-reactive ketones (excluding diaryl/α,β-unsaturated/α-hetero) is 1. The van der Waals surface area contributed by atoms with Crippen molar-refractivity contribution < 1.29 is 4.79 Å². The van der Waals surface area contributed by atoms with Gasteiger partial charge in [-0.2, -0.15) is 0 Å². The molecule has 1 aliphatic rings. The quantitative estimate of drug-likeness (QED) is 0.641. The molecule has 104 valence electrons. The molecule has 1 unspecified atom stereocenters. The third-order valence-electron chi connectivity index (χ3n) is 4.28. The minimum absolute atomic E-state index is 0.0158. The van der Waals surface area contributed by atoms with E-state index in [-0.39, 0.29) is 5.78 Å². The fraction of sp³-hybridized carbons (Fsp3) is 0.562. The van der Waals surface area contributed by atoms with Gasteiger partial charge in [0.15, 0.2) is 5.78 Å². The second-order valence-electron chi connectivity index (χ2n) is 6.29. The van der Waals surface area contributed by atoms with Gasteiger partial charge >= 0.3 is 0 Å². The second kappa shape index (κ2) is 5.24. The van der Waals surface area contributed by atoms with Crippen LogP contribution in [0, 0.1) is 5.41 Å². The summed E-state index contributed by atoms with van der Waals surface area (Å²) < 4.78 is 0. The van der Waals surface area contributed by atoms with Gasteiger partial charge in [-0.15, -0.1) is 0 Å². The third kappa shape index (κ3) is 3.09. The van der Waals surface area contributed by atoms with Crippen LogP contribution in [0.5, 0.6) is 0 Å². The van der Waals surface area contributed by atoms with Crippen molar-refractivity contribution in [2.45, 2.75) is 52.5 Å². The van der Waals surface area contributed by atoms with Gasteiger partial charge in [-0.1, -0.05) is 26.7 Å². The van der Waals surface area contributed by atoms with Crippen LogP contribution in [0.4, 0.5) is 11.4 Å². The Labute approximate surface area is 115 Å². The van der Waals surface area contributed by atoms with Gasteiger partial charge in [0.05, 0.1) is 0 Å². The van der Waals surface area contributed by atoms with Gasteiger partial charge < -0.3 is 11.1 Å². The van der Waals surface area contributed by atoms with Crippen LogP contribution in [-0.4, -0.2) is 11.8 Å². The molecular weight excluding hydrogens is 236 g/mol. The molecule has 0 aromatic heterocycles. The molecule has 0 bridgehead atoms. The molecule has 3 nitrogen and oxygen atoms in total. The molecule has 0 saturated heterocycles. The lowest BCUT2D eigenvalue weighted by atomic mass is 9.73. The summed E-state index contributed by atoms with van der Waals surface area (Å²) in [4.78, 5) is 11.4. The van der Waals surface area contributed by atoms with E-state index in [1.54, 1.807) is 6.92 Å². The summed E-state index contributed by atoms with van der Waals surface area (Å²) in [6, 6.07) is 6.12. The number of carbonyl (C=O) groups excluding carboxylic acids is 1. The van der Waals surface area contributed by atoms with E-state index in [0.717, 1.165) is 5.69 Å². The number of hydrogen-bond acceptors (Lipinski definition) is 3. The van der Waals surface area contributed by atoms with E-state index >= 15 is 0 Å².